The molecule has 7 heteroatoms. The summed E-state index contributed by atoms with van der Waals surface area (Å²) in [5.74, 6) is 0. The Labute approximate surface area is 130 Å². The molecule has 0 radical (unpaired) electrons. The number of nitrogens with one attached hydrogen (secondary N) is 2. The van der Waals surface area contributed by atoms with Crippen LogP contribution >= 0.6 is 0 Å². The van der Waals surface area contributed by atoms with Crippen LogP contribution in [0.15, 0.2) is 18.2 Å². The zero-order chi connectivity index (χ0) is 16.9. The van der Waals surface area contributed by atoms with Crippen molar-refractivity contribution in [3.8, 4) is 0 Å². The molecule has 7 nitrogen and oxygen atoms in total. The van der Waals surface area contributed by atoms with Gasteiger partial charge in [-0.25, -0.2) is 4.79 Å². The molecule has 0 saturated carbocycles. The van der Waals surface area contributed by atoms with Crippen LogP contribution in [0.4, 0.5) is 16.2 Å². The van der Waals surface area contributed by atoms with Crippen molar-refractivity contribution in [2.45, 2.75) is 46.3 Å². The molecular formula is C15H23N3O4. The molecule has 1 unspecified atom stereocenters. The number of hydrogen-bond donors (Lipinski definition) is 2. The highest BCUT2D eigenvalue weighted by atomic mass is 16.6. The predicted molar refractivity (Wildman–Crippen MR) is 85.2 cm³/mol. The molecule has 0 bridgehead atoms. The number of alkyl carbamates (subject to hydrolysis) is 1. The van der Waals surface area contributed by atoms with Gasteiger partial charge in [0.15, 0.2) is 0 Å². The molecule has 0 heterocycles. The predicted octanol–water partition coefficient (Wildman–Crippen LogP) is 3.23. The second kappa shape index (κ2) is 7.11. The molecule has 22 heavy (non-hydrogen) atoms. The number of anilines is 1. The number of hydrogen-bond acceptors (Lipinski definition) is 5. The van der Waals surface area contributed by atoms with Gasteiger partial charge in [0.25, 0.3) is 5.69 Å². The van der Waals surface area contributed by atoms with Crippen molar-refractivity contribution >= 4 is 17.5 Å². The fraction of sp³-hybridized carbons (Fsp3) is 0.533. The van der Waals surface area contributed by atoms with Gasteiger partial charge in [-0.1, -0.05) is 6.07 Å². The lowest BCUT2D eigenvalue weighted by atomic mass is 10.1. The van der Waals surface area contributed by atoms with Gasteiger partial charge in [0.2, 0.25) is 0 Å². The molecule has 122 valence electrons. The van der Waals surface area contributed by atoms with Crippen LogP contribution in [-0.2, 0) is 4.74 Å². The van der Waals surface area contributed by atoms with Crippen molar-refractivity contribution in [2.24, 2.45) is 0 Å². The molecule has 0 aromatic heterocycles. The Morgan fingerprint density at radius 2 is 2.05 bits per heavy atom. The molecule has 1 atom stereocenters. The summed E-state index contributed by atoms with van der Waals surface area (Å²) in [7, 11) is 0. The fourth-order valence-electron chi connectivity index (χ4n) is 1.78. The van der Waals surface area contributed by atoms with E-state index in [2.05, 4.69) is 10.6 Å². The van der Waals surface area contributed by atoms with Gasteiger partial charge in [0.1, 0.15) is 5.60 Å². The molecule has 0 aliphatic rings. The highest BCUT2D eigenvalue weighted by Gasteiger charge is 2.17. The zero-order valence-electron chi connectivity index (χ0n) is 13.6. The Morgan fingerprint density at radius 1 is 1.41 bits per heavy atom. The Morgan fingerprint density at radius 3 is 2.59 bits per heavy atom. The third-order valence-corrected chi connectivity index (χ3v) is 2.77. The second-order valence-corrected chi connectivity index (χ2v) is 6.19. The largest absolute Gasteiger partial charge is 0.444 e. The summed E-state index contributed by atoms with van der Waals surface area (Å²) in [4.78, 5) is 22.1. The third-order valence-electron chi connectivity index (χ3n) is 2.77. The van der Waals surface area contributed by atoms with Gasteiger partial charge in [-0.15, -0.1) is 0 Å². The number of nitrogens with zero attached hydrogens (tertiary/aromatic N) is 1. The lowest BCUT2D eigenvalue weighted by Gasteiger charge is -2.21. The highest BCUT2D eigenvalue weighted by molar-refractivity contribution is 5.67. The van der Waals surface area contributed by atoms with Crippen LogP contribution in [0.2, 0.25) is 0 Å². The highest BCUT2D eigenvalue weighted by Crippen LogP contribution is 2.22. The normalized spacial score (nSPS) is 12.4. The molecule has 0 fully saturated rings. The molecule has 1 amide bonds. The molecule has 1 rings (SSSR count). The van der Waals surface area contributed by atoms with Crippen molar-refractivity contribution in [1.82, 2.24) is 5.32 Å². The van der Waals surface area contributed by atoms with Crippen LogP contribution in [0.5, 0.6) is 0 Å². The third kappa shape index (κ3) is 5.99. The summed E-state index contributed by atoms with van der Waals surface area (Å²) in [5, 5.41) is 16.7. The monoisotopic (exact) mass is 309 g/mol. The number of carbonyl (C=O) groups is 1. The number of aryl methyl sites for hydroxylation is 1. The fourth-order valence-corrected chi connectivity index (χ4v) is 1.78. The van der Waals surface area contributed by atoms with Gasteiger partial charge in [0, 0.05) is 29.9 Å². The van der Waals surface area contributed by atoms with E-state index >= 15 is 0 Å². The lowest BCUT2D eigenvalue weighted by Crippen LogP contribution is -2.38. The Bertz CT molecular complexity index is 552. The lowest BCUT2D eigenvalue weighted by molar-refractivity contribution is -0.385. The number of ether oxygens (including phenoxy) is 1. The molecular weight excluding hydrogens is 286 g/mol. The Hall–Kier alpha value is -2.31. The van der Waals surface area contributed by atoms with Crippen molar-refractivity contribution in [3.05, 3.63) is 33.9 Å². The molecule has 0 saturated heterocycles. The topological polar surface area (TPSA) is 93.5 Å². The van der Waals surface area contributed by atoms with E-state index in [9.17, 15) is 14.9 Å². The second-order valence-electron chi connectivity index (χ2n) is 6.19. The van der Waals surface area contributed by atoms with E-state index in [0.717, 1.165) is 0 Å². The average Bonchev–Trinajstić information content (AvgIpc) is 2.36. The summed E-state index contributed by atoms with van der Waals surface area (Å²) in [6.07, 6.45) is -0.490. The Kier molecular flexibility index (Phi) is 5.73. The smallest absolute Gasteiger partial charge is 0.407 e. The van der Waals surface area contributed by atoms with Crippen molar-refractivity contribution in [1.29, 1.82) is 0 Å². The van der Waals surface area contributed by atoms with Crippen LogP contribution in [0.1, 0.15) is 33.3 Å². The maximum atomic E-state index is 11.6. The van der Waals surface area contributed by atoms with Crippen molar-refractivity contribution in [3.63, 3.8) is 0 Å². The summed E-state index contributed by atoms with van der Waals surface area (Å²) in [6.45, 7) is 9.27. The molecule has 0 aliphatic carbocycles. The van der Waals surface area contributed by atoms with Crippen molar-refractivity contribution in [2.75, 3.05) is 11.9 Å². The van der Waals surface area contributed by atoms with E-state index in [1.807, 2.05) is 6.92 Å². The first-order valence-corrected chi connectivity index (χ1v) is 7.07. The number of rotatable bonds is 5. The molecule has 1 aromatic rings. The van der Waals surface area contributed by atoms with Gasteiger partial charge in [-0.05, 0) is 40.7 Å². The Balaban J connectivity index is 2.55. The van der Waals surface area contributed by atoms with Crippen LogP contribution < -0.4 is 10.6 Å². The van der Waals surface area contributed by atoms with Crippen LogP contribution in [0.25, 0.3) is 0 Å². The quantitative estimate of drug-likeness (QED) is 0.643. The van der Waals surface area contributed by atoms with Gasteiger partial charge in [0.05, 0.1) is 4.92 Å². The maximum Gasteiger partial charge on any atom is 0.407 e. The van der Waals surface area contributed by atoms with Gasteiger partial charge < -0.3 is 15.4 Å². The number of amides is 1. The van der Waals surface area contributed by atoms with Gasteiger partial charge in [-0.3, -0.25) is 10.1 Å². The molecule has 1 aromatic carbocycles. The zero-order valence-corrected chi connectivity index (χ0v) is 13.6. The number of nitro benzene ring substituents is 1. The maximum absolute atomic E-state index is 11.6. The van der Waals surface area contributed by atoms with Crippen molar-refractivity contribution < 1.29 is 14.5 Å². The van der Waals surface area contributed by atoms with Crippen LogP contribution in [0, 0.1) is 17.0 Å². The van der Waals surface area contributed by atoms with E-state index in [-0.39, 0.29) is 11.7 Å². The van der Waals surface area contributed by atoms with E-state index in [4.69, 9.17) is 4.74 Å². The summed E-state index contributed by atoms with van der Waals surface area (Å²) < 4.78 is 5.14. The number of benzene rings is 1. The SMILES string of the molecule is Cc1ccc(NC(C)CNC(=O)OC(C)(C)C)cc1[N+](=O)[O-]. The first-order valence-electron chi connectivity index (χ1n) is 7.07. The minimum Gasteiger partial charge on any atom is -0.444 e. The van der Waals surface area contributed by atoms with E-state index in [0.29, 0.717) is 17.8 Å². The molecule has 2 N–H and O–H groups in total. The van der Waals surface area contributed by atoms with E-state index in [1.165, 1.54) is 6.07 Å². The van der Waals surface area contributed by atoms with E-state index < -0.39 is 16.6 Å². The minimum atomic E-state index is -0.543. The van der Waals surface area contributed by atoms with E-state index in [1.54, 1.807) is 39.8 Å². The molecule has 0 spiro atoms. The average molecular weight is 309 g/mol. The number of nitro groups is 1. The summed E-state index contributed by atoms with van der Waals surface area (Å²) >= 11 is 0. The van der Waals surface area contributed by atoms with Gasteiger partial charge in [-0.2, -0.15) is 0 Å². The first-order chi connectivity index (χ1) is 10.1. The summed E-state index contributed by atoms with van der Waals surface area (Å²) in [6, 6.07) is 4.84. The first kappa shape index (κ1) is 17.7. The van der Waals surface area contributed by atoms with Crippen LogP contribution in [0.3, 0.4) is 0 Å². The van der Waals surface area contributed by atoms with Gasteiger partial charge >= 0.3 is 6.09 Å². The standard InChI is InChI=1S/C15H23N3O4/c1-10-6-7-12(8-13(10)18(20)21)17-11(2)9-16-14(19)22-15(3,4)5/h6-8,11,17H,9H2,1-5H3,(H,16,19). The molecule has 0 aliphatic heterocycles. The summed E-state index contributed by atoms with van der Waals surface area (Å²) in [5.41, 5.74) is 0.765. The number of carbonyl (C=O) groups excluding carboxylic acids is 1. The van der Waals surface area contributed by atoms with Crippen LogP contribution in [-0.4, -0.2) is 29.2 Å². The minimum absolute atomic E-state index is 0.0669.